The normalized spacial score (nSPS) is 36.7. The molecule has 108 valence electrons. The van der Waals surface area contributed by atoms with Gasteiger partial charge in [0, 0.05) is 22.9 Å². The molecule has 0 aromatic heterocycles. The summed E-state index contributed by atoms with van der Waals surface area (Å²) < 4.78 is 0. The Morgan fingerprint density at radius 3 is 1.15 bits per heavy atom. The SMILES string of the molecule is CN(C)[C@@]1(C2C=CC=C2)CC[C@@]1(C1C=CC=C1)N(C)C. The highest BCUT2D eigenvalue weighted by Gasteiger charge is 2.66. The summed E-state index contributed by atoms with van der Waals surface area (Å²) in [6.07, 6.45) is 20.8. The molecule has 1 fully saturated rings. The van der Waals surface area contributed by atoms with Gasteiger partial charge in [0.1, 0.15) is 0 Å². The molecule has 3 aliphatic rings. The number of nitrogens with zero attached hydrogens (tertiary/aromatic N) is 2. The van der Waals surface area contributed by atoms with Gasteiger partial charge >= 0.3 is 0 Å². The summed E-state index contributed by atoms with van der Waals surface area (Å²) in [5.41, 5.74) is 0.368. The van der Waals surface area contributed by atoms with E-state index in [1.54, 1.807) is 0 Å². The minimum atomic E-state index is 0.184. The number of allylic oxidation sites excluding steroid dienone is 4. The van der Waals surface area contributed by atoms with Gasteiger partial charge in [0.05, 0.1) is 0 Å². The quantitative estimate of drug-likeness (QED) is 0.775. The fraction of sp³-hybridized carbons (Fsp3) is 0.556. The molecule has 2 nitrogen and oxygen atoms in total. The third-order valence-corrected chi connectivity index (χ3v) is 5.83. The summed E-state index contributed by atoms with van der Waals surface area (Å²) in [5.74, 6) is 1.02. The van der Waals surface area contributed by atoms with Gasteiger partial charge in [0.25, 0.3) is 0 Å². The van der Waals surface area contributed by atoms with Crippen molar-refractivity contribution in [3.63, 3.8) is 0 Å². The standard InChI is InChI=1S/C18H26N2/c1-19(2)17(15-9-5-6-10-15)13-14-18(17,20(3)4)16-11-7-8-12-16/h5-12,15-16H,13-14H2,1-4H3/t17-,18+. The highest BCUT2D eigenvalue weighted by atomic mass is 15.3. The fourth-order valence-electron chi connectivity index (χ4n) is 4.87. The van der Waals surface area contributed by atoms with Crippen molar-refractivity contribution in [2.75, 3.05) is 28.2 Å². The van der Waals surface area contributed by atoms with Crippen LogP contribution >= 0.6 is 0 Å². The van der Waals surface area contributed by atoms with Crippen LogP contribution in [0.2, 0.25) is 0 Å². The molecule has 0 aromatic rings. The first-order valence-corrected chi connectivity index (χ1v) is 7.60. The van der Waals surface area contributed by atoms with Crippen molar-refractivity contribution in [2.24, 2.45) is 11.8 Å². The first kappa shape index (κ1) is 13.8. The number of hydrogen-bond acceptors (Lipinski definition) is 2. The monoisotopic (exact) mass is 270 g/mol. The van der Waals surface area contributed by atoms with Crippen LogP contribution in [0.4, 0.5) is 0 Å². The molecule has 0 saturated heterocycles. The Hall–Kier alpha value is -1.12. The van der Waals surface area contributed by atoms with E-state index in [0.29, 0.717) is 11.8 Å². The number of rotatable bonds is 4. The van der Waals surface area contributed by atoms with E-state index >= 15 is 0 Å². The second kappa shape index (κ2) is 4.71. The van der Waals surface area contributed by atoms with Crippen molar-refractivity contribution in [3.05, 3.63) is 48.6 Å². The van der Waals surface area contributed by atoms with Gasteiger partial charge in [-0.05, 0) is 41.0 Å². The minimum Gasteiger partial charge on any atom is -0.301 e. The van der Waals surface area contributed by atoms with Crippen molar-refractivity contribution in [1.82, 2.24) is 9.80 Å². The number of likely N-dealkylation sites (N-methyl/N-ethyl adjacent to an activating group) is 2. The first-order valence-electron chi connectivity index (χ1n) is 7.60. The smallest absolute Gasteiger partial charge is 0.0494 e. The first-order chi connectivity index (χ1) is 9.55. The summed E-state index contributed by atoms with van der Waals surface area (Å²) in [6, 6.07) is 0. The molecule has 3 aliphatic carbocycles. The molecule has 0 aliphatic heterocycles. The van der Waals surface area contributed by atoms with Crippen molar-refractivity contribution < 1.29 is 0 Å². The molecule has 0 unspecified atom stereocenters. The van der Waals surface area contributed by atoms with Crippen LogP contribution in [0, 0.1) is 11.8 Å². The van der Waals surface area contributed by atoms with Gasteiger partial charge in [0.15, 0.2) is 0 Å². The predicted molar refractivity (Wildman–Crippen MR) is 85.6 cm³/mol. The van der Waals surface area contributed by atoms with Crippen LogP contribution in [0.25, 0.3) is 0 Å². The lowest BCUT2D eigenvalue weighted by molar-refractivity contribution is -0.143. The average molecular weight is 270 g/mol. The van der Waals surface area contributed by atoms with Gasteiger partial charge in [-0.25, -0.2) is 0 Å². The van der Waals surface area contributed by atoms with Gasteiger partial charge in [-0.3, -0.25) is 0 Å². The fourth-order valence-corrected chi connectivity index (χ4v) is 4.87. The van der Waals surface area contributed by atoms with E-state index in [4.69, 9.17) is 0 Å². The molecular weight excluding hydrogens is 244 g/mol. The third kappa shape index (κ3) is 1.52. The largest absolute Gasteiger partial charge is 0.301 e. The van der Waals surface area contributed by atoms with E-state index in [0.717, 1.165) is 0 Å². The molecule has 2 heteroatoms. The van der Waals surface area contributed by atoms with Gasteiger partial charge in [-0.2, -0.15) is 0 Å². The molecule has 0 spiro atoms. The maximum absolute atomic E-state index is 2.47. The highest BCUT2D eigenvalue weighted by Crippen LogP contribution is 2.59. The summed E-state index contributed by atoms with van der Waals surface area (Å²) in [6.45, 7) is 0. The lowest BCUT2D eigenvalue weighted by Gasteiger charge is -2.69. The maximum atomic E-state index is 2.47. The molecular formula is C18H26N2. The predicted octanol–water partition coefficient (Wildman–Crippen LogP) is 2.87. The van der Waals surface area contributed by atoms with Crippen LogP contribution in [-0.2, 0) is 0 Å². The Morgan fingerprint density at radius 2 is 0.950 bits per heavy atom. The Labute approximate surface area is 123 Å². The second-order valence-corrected chi connectivity index (χ2v) is 6.73. The Bertz CT molecular complexity index is 428. The zero-order chi connectivity index (χ0) is 14.4. The Kier molecular flexibility index (Phi) is 3.26. The topological polar surface area (TPSA) is 6.48 Å². The maximum Gasteiger partial charge on any atom is 0.0494 e. The third-order valence-electron chi connectivity index (χ3n) is 5.83. The van der Waals surface area contributed by atoms with E-state index in [-0.39, 0.29) is 11.1 Å². The summed E-state index contributed by atoms with van der Waals surface area (Å²) >= 11 is 0. The van der Waals surface area contributed by atoms with Crippen LogP contribution in [0.1, 0.15) is 12.8 Å². The zero-order valence-corrected chi connectivity index (χ0v) is 13.1. The summed E-state index contributed by atoms with van der Waals surface area (Å²) in [4.78, 5) is 4.95. The molecule has 0 radical (unpaired) electrons. The van der Waals surface area contributed by atoms with E-state index in [1.165, 1.54) is 12.8 Å². The molecule has 0 amide bonds. The zero-order valence-electron chi connectivity index (χ0n) is 13.1. The van der Waals surface area contributed by atoms with Gasteiger partial charge in [0.2, 0.25) is 0 Å². The average Bonchev–Trinajstić information content (AvgIpc) is 3.00. The van der Waals surface area contributed by atoms with Crippen LogP contribution in [0.3, 0.4) is 0 Å². The van der Waals surface area contributed by atoms with Crippen molar-refractivity contribution in [2.45, 2.75) is 23.9 Å². The molecule has 0 aromatic carbocycles. The number of hydrogen-bond donors (Lipinski definition) is 0. The Balaban J connectivity index is 2.09. The van der Waals surface area contributed by atoms with E-state index in [2.05, 4.69) is 86.6 Å². The van der Waals surface area contributed by atoms with Gasteiger partial charge in [-0.15, -0.1) is 0 Å². The van der Waals surface area contributed by atoms with Crippen molar-refractivity contribution in [1.29, 1.82) is 0 Å². The lowest BCUT2D eigenvalue weighted by Crippen LogP contribution is -2.79. The molecule has 3 rings (SSSR count). The lowest BCUT2D eigenvalue weighted by atomic mass is 9.49. The molecule has 1 saturated carbocycles. The molecule has 0 bridgehead atoms. The minimum absolute atomic E-state index is 0.184. The van der Waals surface area contributed by atoms with Crippen LogP contribution in [0.15, 0.2) is 48.6 Å². The van der Waals surface area contributed by atoms with Crippen molar-refractivity contribution >= 4 is 0 Å². The van der Waals surface area contributed by atoms with E-state index in [9.17, 15) is 0 Å². The van der Waals surface area contributed by atoms with Gasteiger partial charge in [-0.1, -0.05) is 48.6 Å². The molecule has 2 atom stereocenters. The van der Waals surface area contributed by atoms with E-state index < -0.39 is 0 Å². The molecule has 0 heterocycles. The van der Waals surface area contributed by atoms with Gasteiger partial charge < -0.3 is 9.80 Å². The van der Waals surface area contributed by atoms with E-state index in [1.807, 2.05) is 0 Å². The summed E-state index contributed by atoms with van der Waals surface area (Å²) in [5, 5.41) is 0. The summed E-state index contributed by atoms with van der Waals surface area (Å²) in [7, 11) is 9.00. The van der Waals surface area contributed by atoms with Crippen LogP contribution < -0.4 is 0 Å². The van der Waals surface area contributed by atoms with Crippen LogP contribution in [0.5, 0.6) is 0 Å². The van der Waals surface area contributed by atoms with Crippen molar-refractivity contribution in [3.8, 4) is 0 Å². The Morgan fingerprint density at radius 1 is 0.650 bits per heavy atom. The molecule has 0 N–H and O–H groups in total. The highest BCUT2D eigenvalue weighted by molar-refractivity contribution is 5.38. The molecule has 20 heavy (non-hydrogen) atoms. The second-order valence-electron chi connectivity index (χ2n) is 6.73. The van der Waals surface area contributed by atoms with Crippen LogP contribution in [-0.4, -0.2) is 49.1 Å².